The Hall–Kier alpha value is -1.40. The van der Waals surface area contributed by atoms with Crippen molar-refractivity contribution >= 4 is 5.91 Å². The van der Waals surface area contributed by atoms with Crippen molar-refractivity contribution in [3.05, 3.63) is 17.5 Å². The number of ether oxygens (including phenoxy) is 1. The van der Waals surface area contributed by atoms with E-state index in [1.807, 2.05) is 29.5 Å². The molecule has 3 fully saturated rings. The minimum Gasteiger partial charge on any atom is -0.370 e. The molecular formula is C18H28N4O2. The first-order valence-electron chi connectivity index (χ1n) is 9.22. The van der Waals surface area contributed by atoms with E-state index in [4.69, 9.17) is 4.74 Å². The summed E-state index contributed by atoms with van der Waals surface area (Å²) in [6.07, 6.45) is 4.25. The zero-order chi connectivity index (χ0) is 16.7. The molecule has 1 amide bonds. The van der Waals surface area contributed by atoms with Crippen LogP contribution >= 0.6 is 0 Å². The molecule has 6 heteroatoms. The monoisotopic (exact) mass is 332 g/mol. The van der Waals surface area contributed by atoms with Gasteiger partial charge in [-0.15, -0.1) is 0 Å². The molecule has 1 aromatic heterocycles. The Balaban J connectivity index is 1.25. The standard InChI is InChI=1S/C18H28N4O2/c1-14-9-15(2)22(19-14)8-5-17(23)21-12-18(13-21)10-16(11-24-18)20-6-3-4-7-20/h9,16H,3-8,10-13H2,1-2H3. The van der Waals surface area contributed by atoms with Gasteiger partial charge in [0.2, 0.25) is 5.91 Å². The number of hydrogen-bond donors (Lipinski definition) is 0. The Morgan fingerprint density at radius 3 is 2.75 bits per heavy atom. The number of aryl methyl sites for hydroxylation is 3. The molecule has 3 aliphatic heterocycles. The second-order valence-corrected chi connectivity index (χ2v) is 7.75. The van der Waals surface area contributed by atoms with Crippen LogP contribution in [0.25, 0.3) is 0 Å². The zero-order valence-electron chi connectivity index (χ0n) is 14.8. The largest absolute Gasteiger partial charge is 0.370 e. The first-order valence-corrected chi connectivity index (χ1v) is 9.22. The Morgan fingerprint density at radius 1 is 1.33 bits per heavy atom. The normalized spacial score (nSPS) is 26.2. The first-order chi connectivity index (χ1) is 11.5. The topological polar surface area (TPSA) is 50.6 Å². The van der Waals surface area contributed by atoms with Crippen LogP contribution in [-0.4, -0.2) is 69.9 Å². The lowest BCUT2D eigenvalue weighted by Gasteiger charge is -2.47. The minimum atomic E-state index is -0.0544. The van der Waals surface area contributed by atoms with Crippen LogP contribution in [-0.2, 0) is 16.1 Å². The molecule has 0 radical (unpaired) electrons. The number of carbonyl (C=O) groups is 1. The van der Waals surface area contributed by atoms with Gasteiger partial charge in [-0.1, -0.05) is 0 Å². The van der Waals surface area contributed by atoms with Crippen molar-refractivity contribution in [1.82, 2.24) is 19.6 Å². The van der Waals surface area contributed by atoms with E-state index in [-0.39, 0.29) is 11.5 Å². The van der Waals surface area contributed by atoms with Gasteiger partial charge in [0.25, 0.3) is 0 Å². The second-order valence-electron chi connectivity index (χ2n) is 7.75. The van der Waals surface area contributed by atoms with E-state index < -0.39 is 0 Å². The van der Waals surface area contributed by atoms with Gasteiger partial charge in [-0.2, -0.15) is 5.10 Å². The van der Waals surface area contributed by atoms with E-state index in [9.17, 15) is 4.79 Å². The summed E-state index contributed by atoms with van der Waals surface area (Å²) in [4.78, 5) is 16.9. The fraction of sp³-hybridized carbons (Fsp3) is 0.778. The van der Waals surface area contributed by atoms with Crippen LogP contribution in [0, 0.1) is 13.8 Å². The van der Waals surface area contributed by atoms with Gasteiger partial charge in [-0.25, -0.2) is 0 Å². The van der Waals surface area contributed by atoms with E-state index in [2.05, 4.69) is 10.00 Å². The molecule has 3 saturated heterocycles. The highest BCUT2D eigenvalue weighted by molar-refractivity contribution is 5.77. The maximum atomic E-state index is 12.4. The van der Waals surface area contributed by atoms with Gasteiger partial charge >= 0.3 is 0 Å². The molecule has 6 nitrogen and oxygen atoms in total. The van der Waals surface area contributed by atoms with E-state index in [0.717, 1.165) is 37.5 Å². The Labute approximate surface area is 143 Å². The molecule has 0 N–H and O–H groups in total. The molecule has 4 rings (SSSR count). The van der Waals surface area contributed by atoms with Crippen LogP contribution < -0.4 is 0 Å². The lowest BCUT2D eigenvalue weighted by molar-refractivity contribution is -0.158. The molecule has 0 saturated carbocycles. The molecule has 1 spiro atoms. The van der Waals surface area contributed by atoms with Crippen LogP contribution in [0.15, 0.2) is 6.07 Å². The lowest BCUT2D eigenvalue weighted by Crippen LogP contribution is -2.63. The molecule has 24 heavy (non-hydrogen) atoms. The van der Waals surface area contributed by atoms with Gasteiger partial charge in [0.1, 0.15) is 5.60 Å². The third-order valence-corrected chi connectivity index (χ3v) is 5.80. The summed E-state index contributed by atoms with van der Waals surface area (Å²) in [5.74, 6) is 0.224. The maximum absolute atomic E-state index is 12.4. The average Bonchev–Trinajstić information content (AvgIpc) is 3.22. The summed E-state index contributed by atoms with van der Waals surface area (Å²) in [5, 5.41) is 4.43. The molecule has 0 aliphatic carbocycles. The lowest BCUT2D eigenvalue weighted by atomic mass is 9.88. The zero-order valence-corrected chi connectivity index (χ0v) is 14.8. The van der Waals surface area contributed by atoms with Crippen LogP contribution in [0.4, 0.5) is 0 Å². The highest BCUT2D eigenvalue weighted by Crippen LogP contribution is 2.37. The van der Waals surface area contributed by atoms with Crippen molar-refractivity contribution in [2.45, 2.75) is 57.7 Å². The van der Waals surface area contributed by atoms with Gasteiger partial charge in [0.15, 0.2) is 0 Å². The highest BCUT2D eigenvalue weighted by Gasteiger charge is 2.52. The SMILES string of the molecule is Cc1cc(C)n(CCC(=O)N2CC3(CC(N4CCCC4)CO3)C2)n1. The van der Waals surface area contributed by atoms with Gasteiger partial charge < -0.3 is 9.64 Å². The minimum absolute atomic E-state index is 0.0544. The molecule has 4 heterocycles. The molecular weight excluding hydrogens is 304 g/mol. The highest BCUT2D eigenvalue weighted by atomic mass is 16.5. The molecule has 0 bridgehead atoms. The molecule has 1 aromatic rings. The molecule has 1 atom stereocenters. The predicted octanol–water partition coefficient (Wildman–Crippen LogP) is 1.36. The number of rotatable bonds is 4. The van der Waals surface area contributed by atoms with Crippen LogP contribution in [0.1, 0.15) is 37.1 Å². The first kappa shape index (κ1) is 16.1. The van der Waals surface area contributed by atoms with E-state index in [1.165, 1.54) is 25.9 Å². The van der Waals surface area contributed by atoms with Crippen molar-refractivity contribution in [2.24, 2.45) is 0 Å². The van der Waals surface area contributed by atoms with Crippen molar-refractivity contribution in [1.29, 1.82) is 0 Å². The van der Waals surface area contributed by atoms with Crippen LogP contribution in [0.2, 0.25) is 0 Å². The molecule has 0 aromatic carbocycles. The number of likely N-dealkylation sites (tertiary alicyclic amines) is 2. The fourth-order valence-electron chi connectivity index (χ4n) is 4.47. The van der Waals surface area contributed by atoms with E-state index in [1.54, 1.807) is 0 Å². The molecule has 1 unspecified atom stereocenters. The predicted molar refractivity (Wildman–Crippen MR) is 90.8 cm³/mol. The van der Waals surface area contributed by atoms with Crippen molar-refractivity contribution in [3.8, 4) is 0 Å². The summed E-state index contributed by atoms with van der Waals surface area (Å²) >= 11 is 0. The average molecular weight is 332 g/mol. The fourth-order valence-corrected chi connectivity index (χ4v) is 4.47. The van der Waals surface area contributed by atoms with Gasteiger partial charge in [0, 0.05) is 24.7 Å². The maximum Gasteiger partial charge on any atom is 0.224 e. The smallest absolute Gasteiger partial charge is 0.224 e. The van der Waals surface area contributed by atoms with Crippen molar-refractivity contribution in [3.63, 3.8) is 0 Å². The molecule has 132 valence electrons. The van der Waals surface area contributed by atoms with Crippen molar-refractivity contribution in [2.75, 3.05) is 32.8 Å². The Bertz CT molecular complexity index is 615. The van der Waals surface area contributed by atoms with Gasteiger partial charge in [-0.3, -0.25) is 14.4 Å². The third-order valence-electron chi connectivity index (χ3n) is 5.80. The summed E-state index contributed by atoms with van der Waals surface area (Å²) in [5.41, 5.74) is 2.07. The van der Waals surface area contributed by atoms with Gasteiger partial charge in [-0.05, 0) is 52.3 Å². The number of amides is 1. The van der Waals surface area contributed by atoms with E-state index >= 15 is 0 Å². The van der Waals surface area contributed by atoms with Gasteiger partial charge in [0.05, 0.1) is 25.4 Å². The second kappa shape index (κ2) is 6.15. The Kier molecular flexibility index (Phi) is 4.12. The number of aromatic nitrogens is 2. The van der Waals surface area contributed by atoms with Crippen molar-refractivity contribution < 1.29 is 9.53 Å². The van der Waals surface area contributed by atoms with E-state index in [0.29, 0.717) is 19.0 Å². The summed E-state index contributed by atoms with van der Waals surface area (Å²) in [6.45, 7) is 9.51. The third kappa shape index (κ3) is 2.97. The summed E-state index contributed by atoms with van der Waals surface area (Å²) in [7, 11) is 0. The summed E-state index contributed by atoms with van der Waals surface area (Å²) < 4.78 is 8.04. The van der Waals surface area contributed by atoms with Crippen LogP contribution in [0.5, 0.6) is 0 Å². The molecule has 3 aliphatic rings. The summed E-state index contributed by atoms with van der Waals surface area (Å²) in [6, 6.07) is 2.62. The number of hydrogen-bond acceptors (Lipinski definition) is 4. The number of carbonyl (C=O) groups excluding carboxylic acids is 1. The van der Waals surface area contributed by atoms with Crippen LogP contribution in [0.3, 0.4) is 0 Å². The number of nitrogens with zero attached hydrogens (tertiary/aromatic N) is 4. The quantitative estimate of drug-likeness (QED) is 0.835. The Morgan fingerprint density at radius 2 is 2.08 bits per heavy atom.